The van der Waals surface area contributed by atoms with Crippen LogP contribution in [0.15, 0.2) is 36.7 Å². The van der Waals surface area contributed by atoms with E-state index in [2.05, 4.69) is 29.0 Å². The Morgan fingerprint density at radius 2 is 1.30 bits per heavy atom. The third-order valence-electron chi connectivity index (χ3n) is 6.03. The molecule has 5 heteroatoms. The highest BCUT2D eigenvalue weighted by Crippen LogP contribution is 2.20. The van der Waals surface area contributed by atoms with Gasteiger partial charge in [0.2, 0.25) is 0 Å². The minimum atomic E-state index is -1.63. The van der Waals surface area contributed by atoms with Crippen molar-refractivity contribution < 1.29 is 13.5 Å². The van der Waals surface area contributed by atoms with E-state index in [0.717, 1.165) is 12.0 Å². The van der Waals surface area contributed by atoms with Gasteiger partial charge in [0, 0.05) is 5.56 Å². The normalized spacial score (nSPS) is 13.1. The van der Waals surface area contributed by atoms with Crippen molar-refractivity contribution in [3.05, 3.63) is 42.2 Å². The maximum absolute atomic E-state index is 13.7. The van der Waals surface area contributed by atoms with Crippen LogP contribution in [-0.4, -0.2) is 28.9 Å². The summed E-state index contributed by atoms with van der Waals surface area (Å²) in [6.45, 7) is 3.77. The second-order valence-electron chi connectivity index (χ2n) is 9.00. The number of aromatic nitrogens is 2. The predicted molar refractivity (Wildman–Crippen MR) is 133 cm³/mol. The number of nitrogens with zero attached hydrogens (tertiary/aromatic N) is 2. The number of alkyl halides is 2. The molecule has 0 fully saturated rings. The summed E-state index contributed by atoms with van der Waals surface area (Å²) in [4.78, 5) is 8.63. The van der Waals surface area contributed by atoms with E-state index >= 15 is 0 Å². The molecular weight excluding hydrogens is 418 g/mol. The largest absolute Gasteiger partial charge is 0.487 e. The van der Waals surface area contributed by atoms with Crippen molar-refractivity contribution >= 4 is 0 Å². The molecule has 2 atom stereocenters. The van der Waals surface area contributed by atoms with Gasteiger partial charge in [-0.15, -0.1) is 0 Å². The lowest BCUT2D eigenvalue weighted by molar-refractivity contribution is 0.102. The van der Waals surface area contributed by atoms with Crippen LogP contribution in [0.25, 0.3) is 11.4 Å². The molecule has 0 saturated heterocycles. The van der Waals surface area contributed by atoms with E-state index in [1.165, 1.54) is 82.2 Å². The molecular formula is C28H42F2N2O. The molecule has 1 heterocycles. The monoisotopic (exact) mass is 460 g/mol. The standard InChI is InChI=1S/C28H42F2N2O/c1-3-5-6-7-8-9-10-11-12-13-15-23-16-18-24(19-17-23)28-31-20-25(21-32-28)33-22-27(30)26(29)14-4-2/h16-21,26-27H,3-15,22H2,1-2H3. The summed E-state index contributed by atoms with van der Waals surface area (Å²) in [5.41, 5.74) is 2.27. The Kier molecular flexibility index (Phi) is 13.6. The number of ether oxygens (including phenoxy) is 1. The minimum absolute atomic E-state index is 0.204. The number of benzene rings is 1. The molecule has 0 aliphatic rings. The Hall–Kier alpha value is -2.04. The number of hydrogen-bond donors (Lipinski definition) is 0. The van der Waals surface area contributed by atoms with Gasteiger partial charge in [-0.05, 0) is 24.8 Å². The fourth-order valence-corrected chi connectivity index (χ4v) is 3.91. The topological polar surface area (TPSA) is 35.0 Å². The molecule has 2 aromatic rings. The molecule has 0 N–H and O–H groups in total. The molecule has 33 heavy (non-hydrogen) atoms. The Bertz CT molecular complexity index is 737. The van der Waals surface area contributed by atoms with E-state index in [1.54, 1.807) is 0 Å². The first-order valence-electron chi connectivity index (χ1n) is 13.0. The lowest BCUT2D eigenvalue weighted by Crippen LogP contribution is -2.24. The van der Waals surface area contributed by atoms with Crippen LogP contribution in [0.5, 0.6) is 5.75 Å². The van der Waals surface area contributed by atoms with E-state index < -0.39 is 12.3 Å². The zero-order valence-electron chi connectivity index (χ0n) is 20.6. The molecule has 0 aliphatic heterocycles. The van der Waals surface area contributed by atoms with Gasteiger partial charge in [0.25, 0.3) is 0 Å². The maximum atomic E-state index is 13.7. The van der Waals surface area contributed by atoms with Crippen molar-refractivity contribution in [2.24, 2.45) is 0 Å². The van der Waals surface area contributed by atoms with Crippen molar-refractivity contribution in [2.75, 3.05) is 6.61 Å². The summed E-state index contributed by atoms with van der Waals surface area (Å²) < 4.78 is 32.6. The molecule has 1 aromatic carbocycles. The average Bonchev–Trinajstić information content (AvgIpc) is 2.84. The smallest absolute Gasteiger partial charge is 0.165 e. The molecule has 0 amide bonds. The molecule has 2 unspecified atom stereocenters. The van der Waals surface area contributed by atoms with Gasteiger partial charge in [0.1, 0.15) is 12.8 Å². The van der Waals surface area contributed by atoms with Gasteiger partial charge in [0.15, 0.2) is 17.7 Å². The molecule has 0 bridgehead atoms. The van der Waals surface area contributed by atoms with Crippen molar-refractivity contribution in [1.82, 2.24) is 9.97 Å². The highest BCUT2D eigenvalue weighted by Gasteiger charge is 2.20. The number of aryl methyl sites for hydroxylation is 1. The van der Waals surface area contributed by atoms with Crippen LogP contribution in [0.2, 0.25) is 0 Å². The van der Waals surface area contributed by atoms with Gasteiger partial charge in [-0.25, -0.2) is 18.7 Å². The lowest BCUT2D eigenvalue weighted by Gasteiger charge is -2.13. The first kappa shape index (κ1) is 27.2. The van der Waals surface area contributed by atoms with Gasteiger partial charge >= 0.3 is 0 Å². The highest BCUT2D eigenvalue weighted by atomic mass is 19.2. The summed E-state index contributed by atoms with van der Waals surface area (Å²) in [7, 11) is 0. The summed E-state index contributed by atoms with van der Waals surface area (Å²) in [6, 6.07) is 8.36. The Morgan fingerprint density at radius 1 is 0.727 bits per heavy atom. The van der Waals surface area contributed by atoms with E-state index in [0.29, 0.717) is 18.0 Å². The van der Waals surface area contributed by atoms with E-state index in [1.807, 2.05) is 19.1 Å². The molecule has 3 nitrogen and oxygen atoms in total. The molecule has 184 valence electrons. The highest BCUT2D eigenvalue weighted by molar-refractivity contribution is 5.55. The van der Waals surface area contributed by atoms with Crippen LogP contribution >= 0.6 is 0 Å². The Morgan fingerprint density at radius 3 is 1.88 bits per heavy atom. The van der Waals surface area contributed by atoms with Crippen molar-refractivity contribution in [3.8, 4) is 17.1 Å². The molecule has 0 spiro atoms. The minimum Gasteiger partial charge on any atom is -0.487 e. The molecule has 1 aromatic heterocycles. The zero-order chi connectivity index (χ0) is 23.7. The number of hydrogen-bond acceptors (Lipinski definition) is 3. The van der Waals surface area contributed by atoms with Crippen LogP contribution in [0.4, 0.5) is 8.78 Å². The molecule has 0 radical (unpaired) electrons. The van der Waals surface area contributed by atoms with Crippen LogP contribution in [0.3, 0.4) is 0 Å². The number of unbranched alkanes of at least 4 members (excludes halogenated alkanes) is 9. The van der Waals surface area contributed by atoms with Crippen molar-refractivity contribution in [3.63, 3.8) is 0 Å². The van der Waals surface area contributed by atoms with E-state index in [9.17, 15) is 8.78 Å². The lowest BCUT2D eigenvalue weighted by atomic mass is 10.0. The Balaban J connectivity index is 1.65. The van der Waals surface area contributed by atoms with Crippen molar-refractivity contribution in [2.45, 2.75) is 110 Å². The van der Waals surface area contributed by atoms with Gasteiger partial charge in [0.05, 0.1) is 12.4 Å². The molecule has 0 saturated carbocycles. The van der Waals surface area contributed by atoms with Gasteiger partial charge < -0.3 is 4.74 Å². The van der Waals surface area contributed by atoms with Crippen LogP contribution in [-0.2, 0) is 6.42 Å². The fraction of sp³-hybridized carbons (Fsp3) is 0.643. The summed E-state index contributed by atoms with van der Waals surface area (Å²) in [6.07, 6.45) is 15.3. The van der Waals surface area contributed by atoms with Crippen molar-refractivity contribution in [1.29, 1.82) is 0 Å². The van der Waals surface area contributed by atoms with Crippen LogP contribution < -0.4 is 4.74 Å². The van der Waals surface area contributed by atoms with Crippen LogP contribution in [0, 0.1) is 0 Å². The second-order valence-corrected chi connectivity index (χ2v) is 9.00. The van der Waals surface area contributed by atoms with Gasteiger partial charge in [-0.1, -0.05) is 102 Å². The second kappa shape index (κ2) is 16.6. The summed E-state index contributed by atoms with van der Waals surface area (Å²) in [5, 5.41) is 0. The summed E-state index contributed by atoms with van der Waals surface area (Å²) >= 11 is 0. The Labute approximate surface area is 199 Å². The predicted octanol–water partition coefficient (Wildman–Crippen LogP) is 8.46. The van der Waals surface area contributed by atoms with Gasteiger partial charge in [-0.3, -0.25) is 0 Å². The van der Waals surface area contributed by atoms with E-state index in [-0.39, 0.29) is 13.0 Å². The average molecular weight is 461 g/mol. The quantitative estimate of drug-likeness (QED) is 0.209. The van der Waals surface area contributed by atoms with E-state index in [4.69, 9.17) is 4.74 Å². The first-order valence-corrected chi connectivity index (χ1v) is 13.0. The molecule has 2 rings (SSSR count). The third-order valence-corrected chi connectivity index (χ3v) is 6.03. The SMILES string of the molecule is CCCCCCCCCCCCc1ccc(-c2ncc(OCC(F)C(F)CCC)cn2)cc1. The van der Waals surface area contributed by atoms with Crippen LogP contribution in [0.1, 0.15) is 96.5 Å². The molecule has 0 aliphatic carbocycles. The third kappa shape index (κ3) is 11.1. The zero-order valence-corrected chi connectivity index (χ0v) is 20.6. The summed E-state index contributed by atoms with van der Waals surface area (Å²) in [5.74, 6) is 0.946. The maximum Gasteiger partial charge on any atom is 0.165 e. The number of halogens is 2. The first-order chi connectivity index (χ1) is 16.1. The number of rotatable bonds is 18. The fourth-order valence-electron chi connectivity index (χ4n) is 3.91. The van der Waals surface area contributed by atoms with Gasteiger partial charge in [-0.2, -0.15) is 0 Å².